The van der Waals surface area contributed by atoms with Gasteiger partial charge in [-0.1, -0.05) is 11.6 Å². The zero-order chi connectivity index (χ0) is 14.4. The molecule has 0 bridgehead atoms. The highest BCUT2D eigenvalue weighted by Gasteiger charge is 2.36. The summed E-state index contributed by atoms with van der Waals surface area (Å²) in [6.07, 6.45) is 5.95. The van der Waals surface area contributed by atoms with E-state index >= 15 is 0 Å². The number of fused-ring (bicyclic) bond motifs is 1. The van der Waals surface area contributed by atoms with Crippen LogP contribution >= 0.6 is 27.5 Å². The Morgan fingerprint density at radius 1 is 1.19 bits per heavy atom. The topological polar surface area (TPSA) is 43.2 Å². The van der Waals surface area contributed by atoms with Gasteiger partial charge in [-0.3, -0.25) is 4.90 Å². The van der Waals surface area contributed by atoms with E-state index in [1.54, 1.807) is 0 Å². The van der Waals surface area contributed by atoms with E-state index in [1.165, 1.54) is 6.33 Å². The molecule has 2 aromatic rings. The zero-order valence-corrected chi connectivity index (χ0v) is 13.8. The molecule has 0 aromatic carbocycles. The van der Waals surface area contributed by atoms with E-state index in [-0.39, 0.29) is 0 Å². The Bertz CT molecular complexity index is 664. The van der Waals surface area contributed by atoms with Gasteiger partial charge >= 0.3 is 0 Å². The van der Waals surface area contributed by atoms with Crippen LogP contribution < -0.4 is 0 Å². The first-order valence-corrected chi connectivity index (χ1v) is 8.39. The Kier molecular flexibility index (Phi) is 3.65. The fourth-order valence-electron chi connectivity index (χ4n) is 3.31. The number of aromatic nitrogens is 3. The predicted octanol–water partition coefficient (Wildman–Crippen LogP) is 2.88. The van der Waals surface area contributed by atoms with E-state index in [9.17, 15) is 0 Å². The minimum atomic E-state index is 0.498. The molecule has 2 aromatic heterocycles. The molecule has 1 aliphatic carbocycles. The molecule has 0 amide bonds. The smallest absolute Gasteiger partial charge is 0.146 e. The second kappa shape index (κ2) is 5.50. The molecule has 4 rings (SSSR count). The molecular formula is C14H16BrClN4O. The second-order valence-corrected chi connectivity index (χ2v) is 6.89. The van der Waals surface area contributed by atoms with Crippen molar-refractivity contribution < 1.29 is 4.74 Å². The molecule has 1 saturated carbocycles. The minimum absolute atomic E-state index is 0.498. The minimum Gasteiger partial charge on any atom is -0.379 e. The van der Waals surface area contributed by atoms with Gasteiger partial charge in [0.1, 0.15) is 17.1 Å². The van der Waals surface area contributed by atoms with E-state index < -0.39 is 0 Å². The van der Waals surface area contributed by atoms with Crippen LogP contribution in [0.3, 0.4) is 0 Å². The summed E-state index contributed by atoms with van der Waals surface area (Å²) in [5, 5.41) is 1.42. The van der Waals surface area contributed by atoms with Crippen LogP contribution in [-0.2, 0) is 4.74 Å². The Labute approximate surface area is 136 Å². The van der Waals surface area contributed by atoms with Crippen molar-refractivity contribution in [2.75, 3.05) is 26.3 Å². The summed E-state index contributed by atoms with van der Waals surface area (Å²) in [5.41, 5.74) is 0.923. The molecule has 5 nitrogen and oxygen atoms in total. The summed E-state index contributed by atoms with van der Waals surface area (Å²) in [6, 6.07) is 1.17. The molecule has 0 atom stereocenters. The van der Waals surface area contributed by atoms with Gasteiger partial charge in [-0.15, -0.1) is 0 Å². The van der Waals surface area contributed by atoms with Crippen LogP contribution in [0.25, 0.3) is 11.0 Å². The average molecular weight is 372 g/mol. The fraction of sp³-hybridized carbons (Fsp3) is 0.571. The van der Waals surface area contributed by atoms with Gasteiger partial charge in [0.2, 0.25) is 0 Å². The van der Waals surface area contributed by atoms with Crippen molar-refractivity contribution in [2.24, 2.45) is 0 Å². The van der Waals surface area contributed by atoms with Crippen molar-refractivity contribution in [3.8, 4) is 0 Å². The summed E-state index contributed by atoms with van der Waals surface area (Å²) >= 11 is 9.75. The number of hydrogen-bond donors (Lipinski definition) is 0. The highest BCUT2D eigenvalue weighted by Crippen LogP contribution is 2.40. The molecule has 1 aliphatic heterocycles. The molecule has 0 radical (unpaired) electrons. The third kappa shape index (κ3) is 2.38. The maximum absolute atomic E-state index is 6.18. The average Bonchev–Trinajstić information content (AvgIpc) is 2.77. The van der Waals surface area contributed by atoms with Crippen LogP contribution in [0, 0.1) is 0 Å². The molecule has 3 heterocycles. The quantitative estimate of drug-likeness (QED) is 0.761. The molecule has 1 saturated heterocycles. The van der Waals surface area contributed by atoms with Gasteiger partial charge in [-0.05, 0) is 28.8 Å². The van der Waals surface area contributed by atoms with Gasteiger partial charge in [0.15, 0.2) is 0 Å². The van der Waals surface area contributed by atoms with Gasteiger partial charge in [0, 0.05) is 35.8 Å². The fourth-order valence-corrected chi connectivity index (χ4v) is 4.24. The lowest BCUT2D eigenvalue weighted by molar-refractivity contribution is -0.0142. The first-order valence-electron chi connectivity index (χ1n) is 7.22. The number of nitrogens with zero attached hydrogens (tertiary/aromatic N) is 4. The van der Waals surface area contributed by atoms with E-state index in [0.29, 0.717) is 17.2 Å². The highest BCUT2D eigenvalue weighted by atomic mass is 79.9. The summed E-state index contributed by atoms with van der Waals surface area (Å²) in [6.45, 7) is 3.84. The molecule has 0 spiro atoms. The molecule has 2 fully saturated rings. The molecule has 0 unspecified atom stereocenters. The number of rotatable bonds is 2. The van der Waals surface area contributed by atoms with Crippen molar-refractivity contribution >= 4 is 38.6 Å². The lowest BCUT2D eigenvalue weighted by Crippen LogP contribution is -2.49. The first kappa shape index (κ1) is 13.9. The van der Waals surface area contributed by atoms with Crippen molar-refractivity contribution in [3.05, 3.63) is 22.1 Å². The standard InChI is InChI=1S/C14H16BrClN4O/c15-11-7-20(14-12(11)13(16)17-8-18-14)10-5-9(6-10)19-1-3-21-4-2-19/h7-10H,1-6H2. The molecule has 21 heavy (non-hydrogen) atoms. The van der Waals surface area contributed by atoms with Crippen molar-refractivity contribution in [1.29, 1.82) is 0 Å². The molecule has 7 heteroatoms. The zero-order valence-electron chi connectivity index (χ0n) is 11.5. The SMILES string of the molecule is Clc1ncnc2c1c(Br)cn2C1CC(N2CCOCC2)C1. The van der Waals surface area contributed by atoms with Crippen molar-refractivity contribution in [1.82, 2.24) is 19.4 Å². The highest BCUT2D eigenvalue weighted by molar-refractivity contribution is 9.10. The maximum atomic E-state index is 6.18. The molecule has 112 valence electrons. The van der Waals surface area contributed by atoms with E-state index in [1.807, 2.05) is 0 Å². The van der Waals surface area contributed by atoms with E-state index in [4.69, 9.17) is 16.3 Å². The monoisotopic (exact) mass is 370 g/mol. The lowest BCUT2D eigenvalue weighted by Gasteiger charge is -2.44. The van der Waals surface area contributed by atoms with Crippen molar-refractivity contribution in [3.63, 3.8) is 0 Å². The second-order valence-electron chi connectivity index (χ2n) is 5.67. The Balaban J connectivity index is 1.55. The van der Waals surface area contributed by atoms with E-state index in [0.717, 1.165) is 54.7 Å². The van der Waals surface area contributed by atoms with Crippen LogP contribution in [0.4, 0.5) is 0 Å². The summed E-state index contributed by atoms with van der Waals surface area (Å²) in [7, 11) is 0. The first-order chi connectivity index (χ1) is 10.2. The van der Waals surface area contributed by atoms with Crippen molar-refractivity contribution in [2.45, 2.75) is 24.9 Å². The van der Waals surface area contributed by atoms with Gasteiger partial charge in [-0.2, -0.15) is 0 Å². The van der Waals surface area contributed by atoms with Gasteiger partial charge < -0.3 is 9.30 Å². The molecule has 0 N–H and O–H groups in total. The Hall–Kier alpha value is -0.690. The van der Waals surface area contributed by atoms with Gasteiger partial charge in [0.25, 0.3) is 0 Å². The van der Waals surface area contributed by atoms with Crippen LogP contribution in [0.2, 0.25) is 5.15 Å². The van der Waals surface area contributed by atoms with Gasteiger partial charge in [0.05, 0.1) is 18.6 Å². The largest absolute Gasteiger partial charge is 0.379 e. The van der Waals surface area contributed by atoms with Crippen LogP contribution in [0.15, 0.2) is 17.0 Å². The Morgan fingerprint density at radius 3 is 2.71 bits per heavy atom. The number of ether oxygens (including phenoxy) is 1. The lowest BCUT2D eigenvalue weighted by atomic mass is 9.85. The normalized spacial score (nSPS) is 27.0. The summed E-state index contributed by atoms with van der Waals surface area (Å²) < 4.78 is 8.63. The predicted molar refractivity (Wildman–Crippen MR) is 84.7 cm³/mol. The molecular weight excluding hydrogens is 356 g/mol. The third-order valence-electron chi connectivity index (χ3n) is 4.56. The Morgan fingerprint density at radius 2 is 1.95 bits per heavy atom. The molecule has 2 aliphatic rings. The summed E-state index contributed by atoms with van der Waals surface area (Å²) in [4.78, 5) is 11.0. The number of hydrogen-bond acceptors (Lipinski definition) is 4. The number of halogens is 2. The van der Waals surface area contributed by atoms with Gasteiger partial charge in [-0.25, -0.2) is 9.97 Å². The van der Waals surface area contributed by atoms with Crippen LogP contribution in [0.5, 0.6) is 0 Å². The van der Waals surface area contributed by atoms with Crippen LogP contribution in [-0.4, -0.2) is 51.8 Å². The van der Waals surface area contributed by atoms with Crippen LogP contribution in [0.1, 0.15) is 18.9 Å². The third-order valence-corrected chi connectivity index (χ3v) is 5.45. The number of morpholine rings is 1. The maximum Gasteiger partial charge on any atom is 0.146 e. The summed E-state index contributed by atoms with van der Waals surface area (Å²) in [5.74, 6) is 0. The van der Waals surface area contributed by atoms with E-state index in [2.05, 4.69) is 41.6 Å².